The van der Waals surface area contributed by atoms with E-state index in [-0.39, 0.29) is 12.5 Å². The van der Waals surface area contributed by atoms with Crippen LogP contribution >= 0.6 is 11.6 Å². The number of piperazine rings is 1. The van der Waals surface area contributed by atoms with Gasteiger partial charge in [0.15, 0.2) is 0 Å². The Morgan fingerprint density at radius 3 is 2.40 bits per heavy atom. The molecule has 0 aliphatic carbocycles. The Morgan fingerprint density at radius 2 is 1.85 bits per heavy atom. The third-order valence-electron chi connectivity index (χ3n) is 3.85. The predicted molar refractivity (Wildman–Crippen MR) is 80.3 cm³/mol. The molecule has 1 fully saturated rings. The zero-order chi connectivity index (χ0) is 14.5. The average Bonchev–Trinajstić information content (AvgIpc) is 2.41. The Bertz CT molecular complexity index is 442. The number of carboxylic acids is 1. The molecule has 0 aromatic heterocycles. The predicted octanol–water partition coefficient (Wildman–Crippen LogP) is 1.97. The number of halogens is 1. The number of hydrogen-bond acceptors (Lipinski definition) is 3. The number of carboxylic acid groups (broad SMARTS) is 1. The van der Waals surface area contributed by atoms with Crippen LogP contribution in [0.5, 0.6) is 0 Å². The summed E-state index contributed by atoms with van der Waals surface area (Å²) in [7, 11) is 2.10. The molecule has 1 unspecified atom stereocenters. The number of benzene rings is 1. The number of nitrogens with zero attached hydrogens (tertiary/aromatic N) is 2. The molecule has 1 aliphatic rings. The largest absolute Gasteiger partial charge is 0.481 e. The van der Waals surface area contributed by atoms with Gasteiger partial charge < -0.3 is 10.0 Å². The molecule has 1 aromatic rings. The van der Waals surface area contributed by atoms with Crippen molar-refractivity contribution in [2.45, 2.75) is 18.9 Å². The van der Waals surface area contributed by atoms with Gasteiger partial charge in [-0.2, -0.15) is 0 Å². The molecular formula is C15H21ClN2O2. The molecule has 20 heavy (non-hydrogen) atoms. The van der Waals surface area contributed by atoms with Crippen LogP contribution in [-0.2, 0) is 11.2 Å². The Hall–Kier alpha value is -1.10. The van der Waals surface area contributed by atoms with Crippen molar-refractivity contribution in [2.75, 3.05) is 33.2 Å². The van der Waals surface area contributed by atoms with Crippen LogP contribution in [0.3, 0.4) is 0 Å². The number of aliphatic carboxylic acids is 1. The fourth-order valence-electron chi connectivity index (χ4n) is 2.61. The van der Waals surface area contributed by atoms with Gasteiger partial charge in [0.05, 0.1) is 6.42 Å². The van der Waals surface area contributed by atoms with Gasteiger partial charge >= 0.3 is 5.97 Å². The summed E-state index contributed by atoms with van der Waals surface area (Å²) in [5, 5.41) is 9.84. The van der Waals surface area contributed by atoms with E-state index in [2.05, 4.69) is 16.8 Å². The summed E-state index contributed by atoms with van der Waals surface area (Å²) in [5.41, 5.74) is 1.14. The molecule has 2 rings (SSSR count). The number of rotatable bonds is 5. The first-order chi connectivity index (χ1) is 9.54. The summed E-state index contributed by atoms with van der Waals surface area (Å²) < 4.78 is 0. The second kappa shape index (κ2) is 7.07. The first kappa shape index (κ1) is 15.3. The van der Waals surface area contributed by atoms with E-state index < -0.39 is 5.97 Å². The van der Waals surface area contributed by atoms with E-state index in [0.717, 1.165) is 38.2 Å². The van der Waals surface area contributed by atoms with Crippen molar-refractivity contribution in [1.82, 2.24) is 9.80 Å². The fraction of sp³-hybridized carbons (Fsp3) is 0.533. The van der Waals surface area contributed by atoms with Crippen molar-refractivity contribution in [1.29, 1.82) is 0 Å². The molecular weight excluding hydrogens is 276 g/mol. The van der Waals surface area contributed by atoms with Crippen LogP contribution in [0.1, 0.15) is 12.0 Å². The molecule has 110 valence electrons. The topological polar surface area (TPSA) is 43.8 Å². The van der Waals surface area contributed by atoms with Gasteiger partial charge in [-0.25, -0.2) is 0 Å². The van der Waals surface area contributed by atoms with E-state index in [4.69, 9.17) is 16.7 Å². The highest BCUT2D eigenvalue weighted by molar-refractivity contribution is 6.30. The minimum absolute atomic E-state index is 0.0578. The highest BCUT2D eigenvalue weighted by Crippen LogP contribution is 2.17. The van der Waals surface area contributed by atoms with Crippen LogP contribution in [0, 0.1) is 0 Å². The third-order valence-corrected chi connectivity index (χ3v) is 4.10. The molecule has 0 amide bonds. The highest BCUT2D eigenvalue weighted by Gasteiger charge is 2.24. The fourth-order valence-corrected chi connectivity index (χ4v) is 2.74. The first-order valence-corrected chi connectivity index (χ1v) is 7.31. The molecule has 1 aliphatic heterocycles. The standard InChI is InChI=1S/C15H21ClN2O2/c1-17-6-8-18(9-7-17)14(11-15(19)20)10-12-2-4-13(16)5-3-12/h2-5,14H,6-11H2,1H3,(H,19,20). The Balaban J connectivity index is 2.03. The average molecular weight is 297 g/mol. The lowest BCUT2D eigenvalue weighted by Gasteiger charge is -2.37. The van der Waals surface area contributed by atoms with E-state index in [9.17, 15) is 4.79 Å². The lowest BCUT2D eigenvalue weighted by Crippen LogP contribution is -2.50. The van der Waals surface area contributed by atoms with Crippen molar-refractivity contribution in [3.8, 4) is 0 Å². The maximum Gasteiger partial charge on any atom is 0.304 e. The molecule has 1 N–H and O–H groups in total. The second-order valence-electron chi connectivity index (χ2n) is 5.42. The summed E-state index contributed by atoms with van der Waals surface area (Å²) in [6, 6.07) is 7.74. The van der Waals surface area contributed by atoms with E-state index >= 15 is 0 Å². The van der Waals surface area contributed by atoms with Gasteiger partial charge in [-0.15, -0.1) is 0 Å². The summed E-state index contributed by atoms with van der Waals surface area (Å²) in [6.07, 6.45) is 0.944. The number of carbonyl (C=O) groups is 1. The summed E-state index contributed by atoms with van der Waals surface area (Å²) >= 11 is 5.89. The maximum atomic E-state index is 11.1. The van der Waals surface area contributed by atoms with Crippen LogP contribution in [0.15, 0.2) is 24.3 Å². The van der Waals surface area contributed by atoms with Crippen molar-refractivity contribution in [3.63, 3.8) is 0 Å². The van der Waals surface area contributed by atoms with Crippen LogP contribution in [0.4, 0.5) is 0 Å². The van der Waals surface area contributed by atoms with Gasteiger partial charge in [-0.3, -0.25) is 9.69 Å². The van der Waals surface area contributed by atoms with E-state index in [1.165, 1.54) is 0 Å². The van der Waals surface area contributed by atoms with Crippen LogP contribution in [0.25, 0.3) is 0 Å². The molecule has 1 saturated heterocycles. The molecule has 5 heteroatoms. The lowest BCUT2D eigenvalue weighted by atomic mass is 10.0. The quantitative estimate of drug-likeness (QED) is 0.902. The number of likely N-dealkylation sites (N-methyl/N-ethyl adjacent to an activating group) is 1. The van der Waals surface area contributed by atoms with Crippen molar-refractivity contribution in [3.05, 3.63) is 34.9 Å². The minimum Gasteiger partial charge on any atom is -0.481 e. The van der Waals surface area contributed by atoms with E-state index in [1.807, 2.05) is 24.3 Å². The monoisotopic (exact) mass is 296 g/mol. The molecule has 1 heterocycles. The molecule has 4 nitrogen and oxygen atoms in total. The summed E-state index contributed by atoms with van der Waals surface area (Å²) in [4.78, 5) is 15.7. The zero-order valence-corrected chi connectivity index (χ0v) is 12.5. The summed E-state index contributed by atoms with van der Waals surface area (Å²) in [6.45, 7) is 3.86. The molecule has 1 atom stereocenters. The van der Waals surface area contributed by atoms with Crippen molar-refractivity contribution in [2.24, 2.45) is 0 Å². The van der Waals surface area contributed by atoms with Crippen molar-refractivity contribution >= 4 is 17.6 Å². The van der Waals surface area contributed by atoms with Gasteiger partial charge in [-0.1, -0.05) is 23.7 Å². The van der Waals surface area contributed by atoms with Gasteiger partial charge in [0.2, 0.25) is 0 Å². The van der Waals surface area contributed by atoms with E-state index in [0.29, 0.717) is 5.02 Å². The normalized spacial score (nSPS) is 18.9. The Kier molecular flexibility index (Phi) is 5.40. The van der Waals surface area contributed by atoms with E-state index in [1.54, 1.807) is 0 Å². The van der Waals surface area contributed by atoms with Gasteiger partial charge in [0.25, 0.3) is 0 Å². The summed E-state index contributed by atoms with van der Waals surface area (Å²) in [5.74, 6) is -0.733. The zero-order valence-electron chi connectivity index (χ0n) is 11.8. The minimum atomic E-state index is -0.733. The Labute approximate surface area is 124 Å². The maximum absolute atomic E-state index is 11.1. The first-order valence-electron chi connectivity index (χ1n) is 6.93. The molecule has 0 radical (unpaired) electrons. The van der Waals surface area contributed by atoms with Crippen LogP contribution in [-0.4, -0.2) is 60.1 Å². The number of hydrogen-bond donors (Lipinski definition) is 1. The van der Waals surface area contributed by atoms with Gasteiger partial charge in [-0.05, 0) is 31.2 Å². The van der Waals surface area contributed by atoms with Gasteiger partial charge in [0.1, 0.15) is 0 Å². The van der Waals surface area contributed by atoms with Crippen LogP contribution < -0.4 is 0 Å². The van der Waals surface area contributed by atoms with Gasteiger partial charge in [0, 0.05) is 37.2 Å². The Morgan fingerprint density at radius 1 is 1.25 bits per heavy atom. The van der Waals surface area contributed by atoms with Crippen LogP contribution in [0.2, 0.25) is 5.02 Å². The molecule has 0 spiro atoms. The van der Waals surface area contributed by atoms with Crippen molar-refractivity contribution < 1.29 is 9.90 Å². The smallest absolute Gasteiger partial charge is 0.304 e. The third kappa shape index (κ3) is 4.47. The lowest BCUT2D eigenvalue weighted by molar-refractivity contribution is -0.138. The SMILES string of the molecule is CN1CCN(C(CC(=O)O)Cc2ccc(Cl)cc2)CC1. The highest BCUT2D eigenvalue weighted by atomic mass is 35.5. The second-order valence-corrected chi connectivity index (χ2v) is 5.86. The molecule has 0 saturated carbocycles. The molecule has 0 bridgehead atoms. The molecule has 1 aromatic carbocycles.